The first-order valence-electron chi connectivity index (χ1n) is 8.28. The van der Waals surface area contributed by atoms with Gasteiger partial charge < -0.3 is 10.1 Å². The lowest BCUT2D eigenvalue weighted by molar-refractivity contribution is 0.0625. The van der Waals surface area contributed by atoms with Gasteiger partial charge in [0.25, 0.3) is 5.91 Å². The minimum atomic E-state index is -0.580. The molecule has 0 aliphatic heterocycles. The second kappa shape index (κ2) is 7.93. The van der Waals surface area contributed by atoms with Gasteiger partial charge in [0, 0.05) is 30.6 Å². The van der Waals surface area contributed by atoms with Crippen LogP contribution in [0.15, 0.2) is 67.0 Å². The van der Waals surface area contributed by atoms with Crippen molar-refractivity contribution in [3.8, 4) is 5.69 Å². The standard InChI is InChI=1S/C20H20FN3O2/c1-14(19(26-2)17-6-3-4-7-18(17)21)23-20(25)15-8-10-16(11-9-15)24-13-5-12-22-24/h3-14,19H,1-2H3,(H,23,25)/t14-,19-/m1/s1. The molecule has 1 amide bonds. The number of nitrogens with zero attached hydrogens (tertiary/aromatic N) is 2. The molecule has 1 N–H and O–H groups in total. The van der Waals surface area contributed by atoms with Crippen molar-refractivity contribution in [2.24, 2.45) is 0 Å². The number of hydrogen-bond acceptors (Lipinski definition) is 3. The number of carbonyl (C=O) groups excluding carboxylic acids is 1. The van der Waals surface area contributed by atoms with E-state index in [0.29, 0.717) is 11.1 Å². The van der Waals surface area contributed by atoms with Gasteiger partial charge in [-0.2, -0.15) is 5.10 Å². The molecule has 0 radical (unpaired) electrons. The fourth-order valence-electron chi connectivity index (χ4n) is 2.86. The molecule has 134 valence electrons. The number of amides is 1. The minimum absolute atomic E-state index is 0.247. The van der Waals surface area contributed by atoms with Gasteiger partial charge in [-0.1, -0.05) is 18.2 Å². The number of benzene rings is 2. The summed E-state index contributed by atoms with van der Waals surface area (Å²) in [5.74, 6) is -0.605. The normalized spacial score (nSPS) is 13.2. The van der Waals surface area contributed by atoms with Crippen LogP contribution < -0.4 is 5.32 Å². The SMILES string of the molecule is CO[C@@H](c1ccccc1F)[C@@H](C)NC(=O)c1ccc(-n2cccn2)cc1. The molecule has 0 spiro atoms. The largest absolute Gasteiger partial charge is 0.375 e. The van der Waals surface area contributed by atoms with Crippen LogP contribution in [0.1, 0.15) is 28.9 Å². The van der Waals surface area contributed by atoms with Crippen molar-refractivity contribution >= 4 is 5.91 Å². The minimum Gasteiger partial charge on any atom is -0.375 e. The van der Waals surface area contributed by atoms with Crippen molar-refractivity contribution in [3.05, 3.63) is 83.9 Å². The highest BCUT2D eigenvalue weighted by molar-refractivity contribution is 5.94. The van der Waals surface area contributed by atoms with E-state index in [9.17, 15) is 9.18 Å². The first kappa shape index (κ1) is 17.8. The monoisotopic (exact) mass is 353 g/mol. The summed E-state index contributed by atoms with van der Waals surface area (Å²) in [7, 11) is 1.50. The van der Waals surface area contributed by atoms with Crippen LogP contribution in [0.2, 0.25) is 0 Å². The molecule has 3 rings (SSSR count). The van der Waals surface area contributed by atoms with E-state index in [1.54, 1.807) is 48.1 Å². The Morgan fingerprint density at radius 1 is 1.15 bits per heavy atom. The highest BCUT2D eigenvalue weighted by Crippen LogP contribution is 2.23. The average Bonchev–Trinajstić information content (AvgIpc) is 3.19. The summed E-state index contributed by atoms with van der Waals surface area (Å²) in [5.41, 5.74) is 1.79. The number of nitrogens with one attached hydrogen (secondary N) is 1. The van der Waals surface area contributed by atoms with Crippen LogP contribution >= 0.6 is 0 Å². The van der Waals surface area contributed by atoms with E-state index >= 15 is 0 Å². The van der Waals surface area contributed by atoms with E-state index in [4.69, 9.17) is 4.74 Å². The van der Waals surface area contributed by atoms with E-state index in [-0.39, 0.29) is 11.7 Å². The topological polar surface area (TPSA) is 56.1 Å². The molecule has 2 aromatic carbocycles. The zero-order chi connectivity index (χ0) is 18.5. The molecule has 0 fully saturated rings. The molecule has 0 bridgehead atoms. The van der Waals surface area contributed by atoms with Crippen molar-refractivity contribution in [3.63, 3.8) is 0 Å². The fourth-order valence-corrected chi connectivity index (χ4v) is 2.86. The third kappa shape index (κ3) is 3.81. The zero-order valence-corrected chi connectivity index (χ0v) is 14.6. The van der Waals surface area contributed by atoms with Gasteiger partial charge in [-0.3, -0.25) is 4.79 Å². The molecule has 0 saturated carbocycles. The Hall–Kier alpha value is -2.99. The Kier molecular flexibility index (Phi) is 5.43. The predicted molar refractivity (Wildman–Crippen MR) is 96.6 cm³/mol. The number of rotatable bonds is 6. The summed E-state index contributed by atoms with van der Waals surface area (Å²) in [5, 5.41) is 7.02. The van der Waals surface area contributed by atoms with Gasteiger partial charge in [0.05, 0.1) is 11.7 Å². The van der Waals surface area contributed by atoms with Crippen LogP contribution in [-0.4, -0.2) is 28.8 Å². The quantitative estimate of drug-likeness (QED) is 0.738. The molecule has 1 aromatic heterocycles. The molecular formula is C20H20FN3O2. The van der Waals surface area contributed by atoms with Gasteiger partial charge in [0.15, 0.2) is 0 Å². The number of ether oxygens (including phenoxy) is 1. The number of methoxy groups -OCH3 is 1. The summed E-state index contributed by atoms with van der Waals surface area (Å²) in [6, 6.07) is 14.9. The second-order valence-corrected chi connectivity index (χ2v) is 5.94. The van der Waals surface area contributed by atoms with Gasteiger partial charge >= 0.3 is 0 Å². The first-order valence-corrected chi connectivity index (χ1v) is 8.28. The molecule has 0 aliphatic rings. The molecule has 26 heavy (non-hydrogen) atoms. The molecule has 0 aliphatic carbocycles. The van der Waals surface area contributed by atoms with E-state index in [0.717, 1.165) is 5.69 Å². The second-order valence-electron chi connectivity index (χ2n) is 5.94. The van der Waals surface area contributed by atoms with Crippen molar-refractivity contribution in [1.29, 1.82) is 0 Å². The highest BCUT2D eigenvalue weighted by Gasteiger charge is 2.23. The maximum absolute atomic E-state index is 14.0. The summed E-state index contributed by atoms with van der Waals surface area (Å²) in [4.78, 5) is 12.5. The Morgan fingerprint density at radius 3 is 2.50 bits per heavy atom. The van der Waals surface area contributed by atoms with Crippen molar-refractivity contribution in [2.75, 3.05) is 7.11 Å². The Morgan fingerprint density at radius 2 is 1.88 bits per heavy atom. The number of aromatic nitrogens is 2. The predicted octanol–water partition coefficient (Wildman–Crippen LogP) is 3.52. The van der Waals surface area contributed by atoms with Crippen LogP contribution in [0.4, 0.5) is 4.39 Å². The molecule has 5 nitrogen and oxygen atoms in total. The molecule has 0 saturated heterocycles. The Bertz CT molecular complexity index is 863. The van der Waals surface area contributed by atoms with E-state index in [1.807, 2.05) is 24.4 Å². The number of carbonyl (C=O) groups is 1. The zero-order valence-electron chi connectivity index (χ0n) is 14.6. The molecule has 2 atom stereocenters. The maximum Gasteiger partial charge on any atom is 0.251 e. The third-order valence-corrected chi connectivity index (χ3v) is 4.18. The third-order valence-electron chi connectivity index (χ3n) is 4.18. The van der Waals surface area contributed by atoms with E-state index in [1.165, 1.54) is 13.2 Å². The average molecular weight is 353 g/mol. The lowest BCUT2D eigenvalue weighted by Crippen LogP contribution is -2.38. The van der Waals surface area contributed by atoms with Crippen LogP contribution in [0.25, 0.3) is 5.69 Å². The molecular weight excluding hydrogens is 333 g/mol. The summed E-state index contributed by atoms with van der Waals surface area (Å²) >= 11 is 0. The summed E-state index contributed by atoms with van der Waals surface area (Å²) in [6.45, 7) is 1.79. The molecule has 0 unspecified atom stereocenters. The van der Waals surface area contributed by atoms with E-state index in [2.05, 4.69) is 10.4 Å². The lowest BCUT2D eigenvalue weighted by atomic mass is 10.0. The smallest absolute Gasteiger partial charge is 0.251 e. The van der Waals surface area contributed by atoms with E-state index < -0.39 is 12.1 Å². The lowest BCUT2D eigenvalue weighted by Gasteiger charge is -2.24. The highest BCUT2D eigenvalue weighted by atomic mass is 19.1. The Labute approximate surface area is 151 Å². The first-order chi connectivity index (χ1) is 12.6. The van der Waals surface area contributed by atoms with Crippen LogP contribution in [0, 0.1) is 5.82 Å². The van der Waals surface area contributed by atoms with Crippen LogP contribution in [-0.2, 0) is 4.74 Å². The van der Waals surface area contributed by atoms with Gasteiger partial charge in [0.2, 0.25) is 0 Å². The van der Waals surface area contributed by atoms with Crippen LogP contribution in [0.3, 0.4) is 0 Å². The molecule has 6 heteroatoms. The number of halogens is 1. The summed E-state index contributed by atoms with van der Waals surface area (Å²) < 4.78 is 21.2. The van der Waals surface area contributed by atoms with Crippen molar-refractivity contribution in [2.45, 2.75) is 19.1 Å². The molecule has 1 heterocycles. The van der Waals surface area contributed by atoms with Gasteiger partial charge in [-0.15, -0.1) is 0 Å². The van der Waals surface area contributed by atoms with Gasteiger partial charge in [-0.25, -0.2) is 9.07 Å². The fraction of sp³-hybridized carbons (Fsp3) is 0.200. The summed E-state index contributed by atoms with van der Waals surface area (Å²) in [6.07, 6.45) is 2.94. The maximum atomic E-state index is 14.0. The van der Waals surface area contributed by atoms with Gasteiger partial charge in [-0.05, 0) is 43.3 Å². The molecule has 3 aromatic rings. The van der Waals surface area contributed by atoms with Crippen molar-refractivity contribution < 1.29 is 13.9 Å². The van der Waals surface area contributed by atoms with Gasteiger partial charge in [0.1, 0.15) is 11.9 Å². The number of hydrogen-bond donors (Lipinski definition) is 1. The van der Waals surface area contributed by atoms with Crippen molar-refractivity contribution in [1.82, 2.24) is 15.1 Å². The Balaban J connectivity index is 1.71. The van der Waals surface area contributed by atoms with Crippen LogP contribution in [0.5, 0.6) is 0 Å².